The first-order valence-corrected chi connectivity index (χ1v) is 7.17. The smallest absolute Gasteiger partial charge is 0.123 e. The van der Waals surface area contributed by atoms with Crippen molar-refractivity contribution in [1.29, 1.82) is 0 Å². The van der Waals surface area contributed by atoms with Crippen LogP contribution in [0.2, 0.25) is 0 Å². The summed E-state index contributed by atoms with van der Waals surface area (Å²) in [6.07, 6.45) is 3.71. The van der Waals surface area contributed by atoms with E-state index < -0.39 is 0 Å². The molecule has 0 unspecified atom stereocenters. The average molecular weight is 373 g/mol. The van der Waals surface area contributed by atoms with Crippen molar-refractivity contribution in [3.05, 3.63) is 45.5 Å². The molecule has 2 aromatic rings. The lowest BCUT2D eigenvalue weighted by atomic mass is 10.1. The predicted octanol–water partition coefficient (Wildman–Crippen LogP) is 3.50. The largest absolute Gasteiger partial charge is 0.308 e. The van der Waals surface area contributed by atoms with Crippen LogP contribution in [0.15, 0.2) is 30.6 Å². The van der Waals surface area contributed by atoms with Crippen LogP contribution >= 0.6 is 22.6 Å². The van der Waals surface area contributed by atoms with Gasteiger partial charge in [0.05, 0.1) is 15.5 Å². The van der Waals surface area contributed by atoms with Gasteiger partial charge in [0.1, 0.15) is 5.82 Å². The van der Waals surface area contributed by atoms with Gasteiger partial charge in [-0.05, 0) is 67.1 Å². The fourth-order valence-electron chi connectivity index (χ4n) is 1.71. The molecular formula is C14H17FIN3. The summed E-state index contributed by atoms with van der Waals surface area (Å²) in [6, 6.07) is 4.78. The Bertz CT molecular complexity index is 572. The number of halogens is 2. The molecule has 0 fully saturated rings. The first kappa shape index (κ1) is 14.5. The topological polar surface area (TPSA) is 29.9 Å². The minimum absolute atomic E-state index is 0.0118. The number of hydrogen-bond acceptors (Lipinski definition) is 2. The molecule has 0 atom stereocenters. The summed E-state index contributed by atoms with van der Waals surface area (Å²) >= 11 is 2.21. The summed E-state index contributed by atoms with van der Waals surface area (Å²) in [5, 5.41) is 7.65. The van der Waals surface area contributed by atoms with Crippen molar-refractivity contribution in [1.82, 2.24) is 15.1 Å². The quantitative estimate of drug-likeness (QED) is 0.835. The number of nitrogens with one attached hydrogen (secondary N) is 1. The Kier molecular flexibility index (Phi) is 4.25. The van der Waals surface area contributed by atoms with Gasteiger partial charge in [-0.3, -0.25) is 0 Å². The van der Waals surface area contributed by atoms with Crippen LogP contribution in [0.1, 0.15) is 26.3 Å². The second kappa shape index (κ2) is 5.58. The highest BCUT2D eigenvalue weighted by atomic mass is 127. The van der Waals surface area contributed by atoms with Gasteiger partial charge >= 0.3 is 0 Å². The summed E-state index contributed by atoms with van der Waals surface area (Å²) in [7, 11) is 0. The van der Waals surface area contributed by atoms with E-state index >= 15 is 0 Å². The van der Waals surface area contributed by atoms with Crippen molar-refractivity contribution in [2.45, 2.75) is 32.9 Å². The number of hydrogen-bond donors (Lipinski definition) is 1. The van der Waals surface area contributed by atoms with E-state index in [9.17, 15) is 4.39 Å². The van der Waals surface area contributed by atoms with E-state index in [0.29, 0.717) is 6.54 Å². The highest BCUT2D eigenvalue weighted by Gasteiger charge is 2.12. The van der Waals surface area contributed by atoms with Gasteiger partial charge in [-0.25, -0.2) is 9.07 Å². The third kappa shape index (κ3) is 4.01. The lowest BCUT2D eigenvalue weighted by Gasteiger charge is -2.21. The third-order valence-corrected chi connectivity index (χ3v) is 3.21. The van der Waals surface area contributed by atoms with Crippen LogP contribution in [0.4, 0.5) is 4.39 Å². The molecular weight excluding hydrogens is 356 g/mol. The van der Waals surface area contributed by atoms with E-state index in [2.05, 4.69) is 53.8 Å². The number of benzene rings is 1. The van der Waals surface area contributed by atoms with Crippen molar-refractivity contribution in [2.75, 3.05) is 0 Å². The standard InChI is InChI=1S/C14H17FIN3/c1-14(2,3)17-7-10-6-11(15)4-5-13(10)19-9-12(16)8-18-19/h4-6,8-9,17H,7H2,1-3H3. The van der Waals surface area contributed by atoms with Gasteiger partial charge < -0.3 is 5.32 Å². The SMILES string of the molecule is CC(C)(C)NCc1cc(F)ccc1-n1cc(I)cn1. The van der Waals surface area contributed by atoms with Crippen molar-refractivity contribution in [2.24, 2.45) is 0 Å². The molecule has 1 N–H and O–H groups in total. The molecule has 0 spiro atoms. The molecule has 1 aromatic heterocycles. The molecule has 0 saturated carbocycles. The Morgan fingerprint density at radius 2 is 2.11 bits per heavy atom. The molecule has 3 nitrogen and oxygen atoms in total. The molecule has 19 heavy (non-hydrogen) atoms. The van der Waals surface area contributed by atoms with Crippen molar-refractivity contribution >= 4 is 22.6 Å². The van der Waals surface area contributed by atoms with Crippen LogP contribution in [0.5, 0.6) is 0 Å². The van der Waals surface area contributed by atoms with Crippen LogP contribution in [0, 0.1) is 9.39 Å². The summed E-state index contributed by atoms with van der Waals surface area (Å²) in [5.41, 5.74) is 1.79. The van der Waals surface area contributed by atoms with E-state index in [1.807, 2.05) is 6.20 Å². The van der Waals surface area contributed by atoms with Gasteiger partial charge in [-0.1, -0.05) is 0 Å². The zero-order valence-electron chi connectivity index (χ0n) is 11.2. The average Bonchev–Trinajstić information content (AvgIpc) is 2.72. The molecule has 2 rings (SSSR count). The fourth-order valence-corrected chi connectivity index (χ4v) is 2.10. The second-order valence-electron chi connectivity index (χ2n) is 5.48. The minimum Gasteiger partial charge on any atom is -0.308 e. The van der Waals surface area contributed by atoms with E-state index in [-0.39, 0.29) is 11.4 Å². The molecule has 0 saturated heterocycles. The van der Waals surface area contributed by atoms with Gasteiger partial charge in [0, 0.05) is 18.3 Å². The molecule has 102 valence electrons. The van der Waals surface area contributed by atoms with Crippen LogP contribution < -0.4 is 5.32 Å². The number of aromatic nitrogens is 2. The third-order valence-electron chi connectivity index (χ3n) is 2.65. The molecule has 5 heteroatoms. The van der Waals surface area contributed by atoms with E-state index in [1.54, 1.807) is 23.0 Å². The lowest BCUT2D eigenvalue weighted by Crippen LogP contribution is -2.35. The number of nitrogens with zero attached hydrogens (tertiary/aromatic N) is 2. The van der Waals surface area contributed by atoms with Gasteiger partial charge in [0.25, 0.3) is 0 Å². The van der Waals surface area contributed by atoms with Gasteiger partial charge in [-0.2, -0.15) is 5.10 Å². The maximum atomic E-state index is 13.4. The maximum Gasteiger partial charge on any atom is 0.123 e. The maximum absolute atomic E-state index is 13.4. The van der Waals surface area contributed by atoms with Gasteiger partial charge in [-0.15, -0.1) is 0 Å². The van der Waals surface area contributed by atoms with Crippen LogP contribution in [-0.2, 0) is 6.54 Å². The first-order chi connectivity index (χ1) is 8.85. The zero-order valence-corrected chi connectivity index (χ0v) is 13.4. The molecule has 0 radical (unpaired) electrons. The number of rotatable bonds is 3. The molecule has 0 aliphatic heterocycles. The summed E-state index contributed by atoms with van der Waals surface area (Å²) < 4.78 is 16.3. The molecule has 0 aliphatic carbocycles. The lowest BCUT2D eigenvalue weighted by molar-refractivity contribution is 0.423. The van der Waals surface area contributed by atoms with Gasteiger partial charge in [0.15, 0.2) is 0 Å². The van der Waals surface area contributed by atoms with E-state index in [4.69, 9.17) is 0 Å². The second-order valence-corrected chi connectivity index (χ2v) is 6.73. The molecule has 0 aliphatic rings. The summed E-state index contributed by atoms with van der Waals surface area (Å²) in [4.78, 5) is 0. The highest BCUT2D eigenvalue weighted by molar-refractivity contribution is 14.1. The molecule has 1 heterocycles. The Morgan fingerprint density at radius 1 is 1.37 bits per heavy atom. The molecule has 0 amide bonds. The van der Waals surface area contributed by atoms with Gasteiger partial charge in [0.2, 0.25) is 0 Å². The van der Waals surface area contributed by atoms with Crippen LogP contribution in [0.25, 0.3) is 5.69 Å². The van der Waals surface area contributed by atoms with Crippen LogP contribution in [-0.4, -0.2) is 15.3 Å². The Hall–Kier alpha value is -0.950. The molecule has 0 bridgehead atoms. The van der Waals surface area contributed by atoms with Crippen molar-refractivity contribution in [3.63, 3.8) is 0 Å². The Balaban J connectivity index is 2.33. The monoisotopic (exact) mass is 373 g/mol. The summed E-state index contributed by atoms with van der Waals surface area (Å²) in [6.45, 7) is 6.86. The first-order valence-electron chi connectivity index (χ1n) is 6.09. The fraction of sp³-hybridized carbons (Fsp3) is 0.357. The zero-order chi connectivity index (χ0) is 14.0. The minimum atomic E-state index is -0.226. The van der Waals surface area contributed by atoms with Crippen molar-refractivity contribution in [3.8, 4) is 5.69 Å². The highest BCUT2D eigenvalue weighted by Crippen LogP contribution is 2.18. The Morgan fingerprint density at radius 3 is 2.68 bits per heavy atom. The van der Waals surface area contributed by atoms with Crippen molar-refractivity contribution < 1.29 is 4.39 Å². The Labute approximate surface area is 126 Å². The summed E-state index contributed by atoms with van der Waals surface area (Å²) in [5.74, 6) is -0.226. The van der Waals surface area contributed by atoms with Crippen LogP contribution in [0.3, 0.4) is 0 Å². The van der Waals surface area contributed by atoms with E-state index in [1.165, 1.54) is 6.07 Å². The molecule has 1 aromatic carbocycles. The predicted molar refractivity (Wildman–Crippen MR) is 82.8 cm³/mol. The normalized spacial score (nSPS) is 11.8. The van der Waals surface area contributed by atoms with E-state index in [0.717, 1.165) is 14.8 Å².